The number of rotatable bonds is 9. The summed E-state index contributed by atoms with van der Waals surface area (Å²) in [5.74, 6) is 1.07. The van der Waals surface area contributed by atoms with Gasteiger partial charge in [0.25, 0.3) is 0 Å². The Morgan fingerprint density at radius 2 is 2.10 bits per heavy atom. The number of hydrogen-bond donors (Lipinski definition) is 1. The van der Waals surface area contributed by atoms with Gasteiger partial charge in [-0.05, 0) is 59.2 Å². The number of imidazole rings is 1. The summed E-state index contributed by atoms with van der Waals surface area (Å²) in [6.45, 7) is 12.4. The highest BCUT2D eigenvalue weighted by atomic mass is 15.2. The fourth-order valence-electron chi connectivity index (χ4n) is 2.66. The number of hydrogen-bond acceptors (Lipinski definition) is 3. The van der Waals surface area contributed by atoms with Crippen LogP contribution in [0, 0.1) is 6.92 Å². The van der Waals surface area contributed by atoms with Crippen molar-refractivity contribution in [3.8, 4) is 0 Å². The Labute approximate surface area is 123 Å². The molecule has 0 radical (unpaired) electrons. The van der Waals surface area contributed by atoms with Gasteiger partial charge in [-0.15, -0.1) is 0 Å². The summed E-state index contributed by atoms with van der Waals surface area (Å²) in [6, 6.07) is 1.19. The standard InChI is InChI=1S/C16H30N4/c1-5-19(6-2)11-7-8-14(4)20-12-13(3)17-16(20)18-15-9-10-15/h12,14-15H,5-11H2,1-4H3,(H,17,18). The quantitative estimate of drug-likeness (QED) is 0.751. The molecule has 1 N–H and O–H groups in total. The molecule has 1 aliphatic carbocycles. The van der Waals surface area contributed by atoms with Gasteiger partial charge >= 0.3 is 0 Å². The van der Waals surface area contributed by atoms with Gasteiger partial charge < -0.3 is 14.8 Å². The molecule has 0 aliphatic heterocycles. The van der Waals surface area contributed by atoms with E-state index < -0.39 is 0 Å². The van der Waals surface area contributed by atoms with Gasteiger partial charge in [-0.2, -0.15) is 0 Å². The molecule has 1 saturated carbocycles. The van der Waals surface area contributed by atoms with Gasteiger partial charge in [-0.25, -0.2) is 4.98 Å². The SMILES string of the molecule is CCN(CC)CCCC(C)n1cc(C)nc1NC1CC1. The molecule has 1 unspecified atom stereocenters. The van der Waals surface area contributed by atoms with Crippen molar-refractivity contribution < 1.29 is 0 Å². The van der Waals surface area contributed by atoms with Crippen LogP contribution in [0.25, 0.3) is 0 Å². The number of nitrogens with one attached hydrogen (secondary N) is 1. The van der Waals surface area contributed by atoms with Crippen molar-refractivity contribution in [1.29, 1.82) is 0 Å². The first-order valence-electron chi connectivity index (χ1n) is 8.18. The third-order valence-corrected chi connectivity index (χ3v) is 4.23. The van der Waals surface area contributed by atoms with Crippen molar-refractivity contribution in [2.45, 2.75) is 65.5 Å². The van der Waals surface area contributed by atoms with E-state index in [1.54, 1.807) is 0 Å². The van der Waals surface area contributed by atoms with Crippen LogP contribution in [-0.2, 0) is 0 Å². The third kappa shape index (κ3) is 4.23. The van der Waals surface area contributed by atoms with E-state index in [9.17, 15) is 0 Å². The summed E-state index contributed by atoms with van der Waals surface area (Å²) in [7, 11) is 0. The highest BCUT2D eigenvalue weighted by Crippen LogP contribution is 2.27. The van der Waals surface area contributed by atoms with Gasteiger partial charge in [-0.3, -0.25) is 0 Å². The average molecular weight is 278 g/mol. The molecule has 4 heteroatoms. The number of aryl methyl sites for hydroxylation is 1. The van der Waals surface area contributed by atoms with Gasteiger partial charge in [0, 0.05) is 18.3 Å². The summed E-state index contributed by atoms with van der Waals surface area (Å²) >= 11 is 0. The van der Waals surface area contributed by atoms with Gasteiger partial charge in [0.15, 0.2) is 0 Å². The van der Waals surface area contributed by atoms with Crippen LogP contribution in [0.3, 0.4) is 0 Å². The minimum atomic E-state index is 0.521. The van der Waals surface area contributed by atoms with Crippen molar-refractivity contribution in [1.82, 2.24) is 14.5 Å². The molecule has 1 aromatic rings. The van der Waals surface area contributed by atoms with Crippen molar-refractivity contribution in [3.63, 3.8) is 0 Å². The topological polar surface area (TPSA) is 33.1 Å². The molecule has 1 aromatic heterocycles. The lowest BCUT2D eigenvalue weighted by Gasteiger charge is -2.21. The summed E-state index contributed by atoms with van der Waals surface area (Å²) in [6.07, 6.45) is 7.24. The van der Waals surface area contributed by atoms with E-state index in [0.29, 0.717) is 12.1 Å². The first kappa shape index (κ1) is 15.4. The zero-order valence-electron chi connectivity index (χ0n) is 13.5. The Kier molecular flexibility index (Phi) is 5.46. The fourth-order valence-corrected chi connectivity index (χ4v) is 2.66. The molecule has 20 heavy (non-hydrogen) atoms. The van der Waals surface area contributed by atoms with Crippen LogP contribution >= 0.6 is 0 Å². The Hall–Kier alpha value is -1.03. The molecule has 1 heterocycles. The highest BCUT2D eigenvalue weighted by Gasteiger charge is 2.23. The van der Waals surface area contributed by atoms with Crippen molar-refractivity contribution in [2.24, 2.45) is 0 Å². The van der Waals surface area contributed by atoms with Crippen LogP contribution < -0.4 is 5.32 Å². The third-order valence-electron chi connectivity index (χ3n) is 4.23. The zero-order valence-corrected chi connectivity index (χ0v) is 13.5. The Bertz CT molecular complexity index is 405. The molecule has 0 spiro atoms. The molecule has 114 valence electrons. The highest BCUT2D eigenvalue weighted by molar-refractivity contribution is 5.32. The Morgan fingerprint density at radius 1 is 1.40 bits per heavy atom. The van der Waals surface area contributed by atoms with Gasteiger partial charge in [0.05, 0.1) is 5.69 Å². The van der Waals surface area contributed by atoms with Crippen LogP contribution in [0.4, 0.5) is 5.95 Å². The summed E-state index contributed by atoms with van der Waals surface area (Å²) in [5.41, 5.74) is 1.11. The second-order valence-corrected chi connectivity index (χ2v) is 6.05. The minimum absolute atomic E-state index is 0.521. The van der Waals surface area contributed by atoms with Crippen LogP contribution in [0.5, 0.6) is 0 Å². The zero-order chi connectivity index (χ0) is 14.5. The first-order valence-corrected chi connectivity index (χ1v) is 8.18. The van der Waals surface area contributed by atoms with Crippen LogP contribution in [0.1, 0.15) is 58.2 Å². The van der Waals surface area contributed by atoms with Crippen LogP contribution in [0.2, 0.25) is 0 Å². The minimum Gasteiger partial charge on any atom is -0.353 e. The van der Waals surface area contributed by atoms with E-state index in [4.69, 9.17) is 0 Å². The maximum absolute atomic E-state index is 4.63. The van der Waals surface area contributed by atoms with Crippen molar-refractivity contribution in [2.75, 3.05) is 25.0 Å². The second-order valence-electron chi connectivity index (χ2n) is 6.05. The van der Waals surface area contributed by atoms with E-state index >= 15 is 0 Å². The van der Waals surface area contributed by atoms with E-state index in [2.05, 4.69) is 53.7 Å². The van der Waals surface area contributed by atoms with E-state index in [-0.39, 0.29) is 0 Å². The molecule has 1 aliphatic rings. The van der Waals surface area contributed by atoms with Crippen LogP contribution in [-0.4, -0.2) is 40.1 Å². The Balaban J connectivity index is 1.86. The summed E-state index contributed by atoms with van der Waals surface area (Å²) in [4.78, 5) is 7.12. The molecular formula is C16H30N4. The summed E-state index contributed by atoms with van der Waals surface area (Å²) in [5, 5.41) is 3.55. The lowest BCUT2D eigenvalue weighted by molar-refractivity contribution is 0.288. The Morgan fingerprint density at radius 3 is 2.70 bits per heavy atom. The number of nitrogens with zero attached hydrogens (tertiary/aromatic N) is 3. The molecular weight excluding hydrogens is 248 g/mol. The molecule has 0 aromatic carbocycles. The predicted octanol–water partition coefficient (Wildman–Crippen LogP) is 3.45. The van der Waals surface area contributed by atoms with E-state index in [1.807, 2.05) is 0 Å². The average Bonchev–Trinajstić information content (AvgIpc) is 3.16. The van der Waals surface area contributed by atoms with Gasteiger partial charge in [0.2, 0.25) is 5.95 Å². The lowest BCUT2D eigenvalue weighted by Crippen LogP contribution is -2.24. The molecule has 4 nitrogen and oxygen atoms in total. The molecule has 1 atom stereocenters. The predicted molar refractivity (Wildman–Crippen MR) is 85.3 cm³/mol. The largest absolute Gasteiger partial charge is 0.353 e. The monoisotopic (exact) mass is 278 g/mol. The van der Waals surface area contributed by atoms with Gasteiger partial charge in [0.1, 0.15) is 0 Å². The molecule has 0 bridgehead atoms. The van der Waals surface area contributed by atoms with Crippen molar-refractivity contribution in [3.05, 3.63) is 11.9 Å². The van der Waals surface area contributed by atoms with E-state index in [0.717, 1.165) is 24.7 Å². The number of aromatic nitrogens is 2. The molecule has 0 saturated heterocycles. The second kappa shape index (κ2) is 7.11. The lowest BCUT2D eigenvalue weighted by atomic mass is 10.1. The molecule has 1 fully saturated rings. The molecule has 2 rings (SSSR count). The van der Waals surface area contributed by atoms with E-state index in [1.165, 1.54) is 32.2 Å². The normalized spacial score (nSPS) is 16.6. The first-order chi connectivity index (χ1) is 9.63. The molecule has 0 amide bonds. The smallest absolute Gasteiger partial charge is 0.203 e. The van der Waals surface area contributed by atoms with Gasteiger partial charge in [-0.1, -0.05) is 13.8 Å². The van der Waals surface area contributed by atoms with Crippen LogP contribution in [0.15, 0.2) is 6.20 Å². The fraction of sp³-hybridized carbons (Fsp3) is 0.812. The summed E-state index contributed by atoms with van der Waals surface area (Å²) < 4.78 is 2.33. The van der Waals surface area contributed by atoms with Crippen molar-refractivity contribution >= 4 is 5.95 Å². The maximum atomic E-state index is 4.63. The number of anilines is 1. The maximum Gasteiger partial charge on any atom is 0.203 e.